The zero-order valence-electron chi connectivity index (χ0n) is 10.2. The molecule has 16 heavy (non-hydrogen) atoms. The Balaban J connectivity index is 2.23. The highest BCUT2D eigenvalue weighted by molar-refractivity contribution is 5.77. The van der Waals surface area contributed by atoms with Crippen molar-refractivity contribution < 1.29 is 14.3 Å². The third kappa shape index (κ3) is 4.21. The minimum Gasteiger partial charge on any atom is -0.469 e. The van der Waals surface area contributed by atoms with Crippen molar-refractivity contribution in [3.05, 3.63) is 0 Å². The fourth-order valence-corrected chi connectivity index (χ4v) is 1.77. The van der Waals surface area contributed by atoms with Crippen LogP contribution in [0.15, 0.2) is 0 Å². The number of ether oxygens (including phenoxy) is 1. The second-order valence-electron chi connectivity index (χ2n) is 4.25. The summed E-state index contributed by atoms with van der Waals surface area (Å²) in [5, 5.41) is 0. The summed E-state index contributed by atoms with van der Waals surface area (Å²) in [6.45, 7) is 2.93. The molecule has 1 fully saturated rings. The van der Waals surface area contributed by atoms with E-state index in [-0.39, 0.29) is 11.9 Å². The second-order valence-corrected chi connectivity index (χ2v) is 4.25. The molecule has 1 saturated carbocycles. The number of esters is 1. The molecule has 0 saturated heterocycles. The maximum absolute atomic E-state index is 11.9. The minimum atomic E-state index is -0.235. The molecule has 0 radical (unpaired) electrons. The van der Waals surface area contributed by atoms with E-state index >= 15 is 0 Å². The van der Waals surface area contributed by atoms with Crippen LogP contribution >= 0.6 is 0 Å². The first-order valence-corrected chi connectivity index (χ1v) is 6.05. The van der Waals surface area contributed by atoms with Gasteiger partial charge in [-0.2, -0.15) is 0 Å². The molecule has 1 amide bonds. The summed E-state index contributed by atoms with van der Waals surface area (Å²) in [6.07, 6.45) is 4.68. The van der Waals surface area contributed by atoms with Gasteiger partial charge >= 0.3 is 5.97 Å². The van der Waals surface area contributed by atoms with Crippen LogP contribution in [0.2, 0.25) is 0 Å². The first-order chi connectivity index (χ1) is 7.69. The molecule has 1 rings (SSSR count). The van der Waals surface area contributed by atoms with Gasteiger partial charge in [0.2, 0.25) is 5.91 Å². The van der Waals surface area contributed by atoms with E-state index in [1.807, 2.05) is 4.90 Å². The quantitative estimate of drug-likeness (QED) is 0.622. The maximum Gasteiger partial charge on any atom is 0.305 e. The highest BCUT2D eigenvalue weighted by Crippen LogP contribution is 2.27. The highest BCUT2D eigenvalue weighted by atomic mass is 16.5. The molecule has 4 nitrogen and oxygen atoms in total. The largest absolute Gasteiger partial charge is 0.469 e. The predicted octanol–water partition coefficient (Wildman–Crippen LogP) is 1.73. The van der Waals surface area contributed by atoms with E-state index in [4.69, 9.17) is 0 Å². The lowest BCUT2D eigenvalue weighted by Crippen LogP contribution is -2.33. The van der Waals surface area contributed by atoms with E-state index in [9.17, 15) is 9.59 Å². The van der Waals surface area contributed by atoms with Gasteiger partial charge in [0.25, 0.3) is 0 Å². The van der Waals surface area contributed by atoms with Gasteiger partial charge in [0.05, 0.1) is 7.11 Å². The number of hydrogen-bond donors (Lipinski definition) is 0. The van der Waals surface area contributed by atoms with Gasteiger partial charge in [-0.3, -0.25) is 9.59 Å². The Morgan fingerprint density at radius 3 is 2.50 bits per heavy atom. The molecule has 0 atom stereocenters. The molecular formula is C12H21NO3. The first-order valence-electron chi connectivity index (χ1n) is 6.05. The molecule has 0 aliphatic heterocycles. The number of hydrogen-bond acceptors (Lipinski definition) is 3. The highest BCUT2D eigenvalue weighted by Gasteiger charge is 2.31. The SMILES string of the molecule is CCCN(C(=O)CCCC(=O)OC)C1CC1. The minimum absolute atomic E-state index is 0.188. The van der Waals surface area contributed by atoms with Crippen molar-refractivity contribution in [2.45, 2.75) is 51.5 Å². The average Bonchev–Trinajstić information content (AvgIpc) is 3.09. The van der Waals surface area contributed by atoms with Gasteiger partial charge in [0.15, 0.2) is 0 Å². The monoisotopic (exact) mass is 227 g/mol. The zero-order valence-corrected chi connectivity index (χ0v) is 10.2. The van der Waals surface area contributed by atoms with Crippen molar-refractivity contribution >= 4 is 11.9 Å². The van der Waals surface area contributed by atoms with Crippen LogP contribution in [-0.2, 0) is 14.3 Å². The maximum atomic E-state index is 11.9. The Morgan fingerprint density at radius 2 is 2.00 bits per heavy atom. The number of amides is 1. The van der Waals surface area contributed by atoms with Gasteiger partial charge < -0.3 is 9.64 Å². The number of methoxy groups -OCH3 is 1. The molecule has 1 aliphatic rings. The number of carbonyl (C=O) groups excluding carboxylic acids is 2. The number of nitrogens with zero attached hydrogens (tertiary/aromatic N) is 1. The molecule has 4 heteroatoms. The van der Waals surface area contributed by atoms with E-state index in [0.717, 1.165) is 25.8 Å². The lowest BCUT2D eigenvalue weighted by molar-refractivity contribution is -0.140. The van der Waals surface area contributed by atoms with Crippen LogP contribution in [0, 0.1) is 0 Å². The third-order valence-electron chi connectivity index (χ3n) is 2.77. The molecule has 0 N–H and O–H groups in total. The van der Waals surface area contributed by atoms with Crippen LogP contribution in [-0.4, -0.2) is 36.5 Å². The van der Waals surface area contributed by atoms with E-state index in [0.29, 0.717) is 25.3 Å². The van der Waals surface area contributed by atoms with Crippen LogP contribution in [0.25, 0.3) is 0 Å². The molecule has 0 unspecified atom stereocenters. The fourth-order valence-electron chi connectivity index (χ4n) is 1.77. The molecule has 0 bridgehead atoms. The van der Waals surface area contributed by atoms with Gasteiger partial charge in [-0.25, -0.2) is 0 Å². The van der Waals surface area contributed by atoms with E-state index in [2.05, 4.69) is 11.7 Å². The summed E-state index contributed by atoms with van der Waals surface area (Å²) in [5.74, 6) is -0.0467. The Kier molecular flexibility index (Phi) is 5.29. The molecule has 0 aromatic rings. The molecule has 0 aromatic heterocycles. The van der Waals surface area contributed by atoms with Crippen molar-refractivity contribution in [3.8, 4) is 0 Å². The van der Waals surface area contributed by atoms with E-state index < -0.39 is 0 Å². The van der Waals surface area contributed by atoms with Crippen LogP contribution < -0.4 is 0 Å². The normalized spacial score (nSPS) is 14.6. The van der Waals surface area contributed by atoms with Gasteiger partial charge in [-0.1, -0.05) is 6.92 Å². The Hall–Kier alpha value is -1.06. The lowest BCUT2D eigenvalue weighted by Gasteiger charge is -2.21. The summed E-state index contributed by atoms with van der Waals surface area (Å²) in [5.41, 5.74) is 0. The topological polar surface area (TPSA) is 46.6 Å². The van der Waals surface area contributed by atoms with Crippen LogP contribution in [0.4, 0.5) is 0 Å². The summed E-state index contributed by atoms with van der Waals surface area (Å²) >= 11 is 0. The molecule has 1 aliphatic carbocycles. The Bertz CT molecular complexity index is 249. The molecule has 0 spiro atoms. The van der Waals surface area contributed by atoms with Crippen molar-refractivity contribution in [1.29, 1.82) is 0 Å². The van der Waals surface area contributed by atoms with E-state index in [1.54, 1.807) is 0 Å². The van der Waals surface area contributed by atoms with Gasteiger partial charge in [-0.05, 0) is 25.7 Å². The van der Waals surface area contributed by atoms with Crippen LogP contribution in [0.3, 0.4) is 0 Å². The van der Waals surface area contributed by atoms with Gasteiger partial charge in [0.1, 0.15) is 0 Å². The Labute approximate surface area is 96.9 Å². The van der Waals surface area contributed by atoms with Crippen molar-refractivity contribution in [3.63, 3.8) is 0 Å². The Morgan fingerprint density at radius 1 is 1.31 bits per heavy atom. The summed E-state index contributed by atoms with van der Waals surface area (Å²) in [6, 6.07) is 0.477. The number of rotatable bonds is 7. The average molecular weight is 227 g/mol. The molecule has 92 valence electrons. The molecule has 0 aromatic carbocycles. The smallest absolute Gasteiger partial charge is 0.305 e. The van der Waals surface area contributed by atoms with Crippen molar-refractivity contribution in [2.75, 3.05) is 13.7 Å². The van der Waals surface area contributed by atoms with Crippen molar-refractivity contribution in [1.82, 2.24) is 4.90 Å². The van der Waals surface area contributed by atoms with Gasteiger partial charge in [-0.15, -0.1) is 0 Å². The first kappa shape index (κ1) is 13.0. The van der Waals surface area contributed by atoms with Crippen LogP contribution in [0.1, 0.15) is 45.4 Å². The molecular weight excluding hydrogens is 206 g/mol. The molecule has 0 heterocycles. The van der Waals surface area contributed by atoms with E-state index in [1.165, 1.54) is 7.11 Å². The predicted molar refractivity (Wildman–Crippen MR) is 60.9 cm³/mol. The van der Waals surface area contributed by atoms with Crippen LogP contribution in [0.5, 0.6) is 0 Å². The number of carbonyl (C=O) groups is 2. The lowest BCUT2D eigenvalue weighted by atomic mass is 10.2. The summed E-state index contributed by atoms with van der Waals surface area (Å²) < 4.78 is 4.54. The van der Waals surface area contributed by atoms with Crippen molar-refractivity contribution in [2.24, 2.45) is 0 Å². The standard InChI is InChI=1S/C12H21NO3/c1-3-9-13(10-7-8-10)11(14)5-4-6-12(15)16-2/h10H,3-9H2,1-2H3. The zero-order chi connectivity index (χ0) is 12.0. The third-order valence-corrected chi connectivity index (χ3v) is 2.77. The second kappa shape index (κ2) is 6.51. The summed E-state index contributed by atoms with van der Waals surface area (Å²) in [7, 11) is 1.37. The van der Waals surface area contributed by atoms with Gasteiger partial charge in [0, 0.05) is 25.4 Å². The summed E-state index contributed by atoms with van der Waals surface area (Å²) in [4.78, 5) is 24.7. The fraction of sp³-hybridized carbons (Fsp3) is 0.833.